The Hall–Kier alpha value is -1.70. The highest BCUT2D eigenvalue weighted by molar-refractivity contribution is 7.58. The lowest BCUT2D eigenvalue weighted by Gasteiger charge is -2.37. The number of nitrogens with one attached hydrogen (secondary N) is 1. The van der Waals surface area contributed by atoms with Crippen molar-refractivity contribution >= 4 is 25.4 Å². The number of amides is 1. The van der Waals surface area contributed by atoms with E-state index in [1.54, 1.807) is 13.8 Å². The summed E-state index contributed by atoms with van der Waals surface area (Å²) in [5.41, 5.74) is 0. The van der Waals surface area contributed by atoms with Gasteiger partial charge < -0.3 is 23.8 Å². The molecule has 1 N–H and O–H groups in total. The highest BCUT2D eigenvalue weighted by Crippen LogP contribution is 2.59. The fraction of sp³-hybridized carbons (Fsp3) is 0.688. The molecule has 0 aromatic heterocycles. The van der Waals surface area contributed by atoms with Crippen LogP contribution in [0.25, 0.3) is 0 Å². The first-order valence-electron chi connectivity index (χ1n) is 8.34. The number of rotatable bonds is 8. The van der Waals surface area contributed by atoms with E-state index in [0.29, 0.717) is 0 Å². The molecule has 0 aliphatic heterocycles. The van der Waals surface area contributed by atoms with Gasteiger partial charge in [0.2, 0.25) is 5.91 Å². The van der Waals surface area contributed by atoms with Gasteiger partial charge in [0.1, 0.15) is 18.2 Å². The zero-order valence-electron chi connectivity index (χ0n) is 15.6. The van der Waals surface area contributed by atoms with Gasteiger partial charge in [0, 0.05) is 32.5 Å². The van der Waals surface area contributed by atoms with E-state index in [0.717, 1.165) is 0 Å². The van der Waals surface area contributed by atoms with Crippen LogP contribution in [0, 0.1) is 0 Å². The number of carbonyl (C=O) groups is 3. The molecule has 9 nitrogen and oxygen atoms in total. The number of hydrogen-bond donors (Lipinski definition) is 1. The van der Waals surface area contributed by atoms with Crippen LogP contribution in [0.1, 0.15) is 41.0 Å². The number of carbonyl (C=O) groups excluding carboxylic acids is 3. The Balaban J connectivity index is 3.34. The fourth-order valence-corrected chi connectivity index (χ4v) is 4.51. The van der Waals surface area contributed by atoms with Crippen molar-refractivity contribution in [1.82, 2.24) is 5.32 Å². The van der Waals surface area contributed by atoms with E-state index in [1.807, 2.05) is 0 Å². The molecule has 1 aliphatic rings. The van der Waals surface area contributed by atoms with Crippen molar-refractivity contribution in [2.75, 3.05) is 13.2 Å². The van der Waals surface area contributed by atoms with Crippen LogP contribution in [0.2, 0.25) is 0 Å². The average molecular weight is 391 g/mol. The smallest absolute Gasteiger partial charge is 0.357 e. The molecule has 0 saturated heterocycles. The molecular formula is C16H26NO8P. The third-order valence-corrected chi connectivity index (χ3v) is 5.69. The van der Waals surface area contributed by atoms with Gasteiger partial charge in [-0.1, -0.05) is 0 Å². The summed E-state index contributed by atoms with van der Waals surface area (Å²) in [5, 5.41) is 2.86. The molecule has 10 heteroatoms. The van der Waals surface area contributed by atoms with E-state index in [-0.39, 0.29) is 30.9 Å². The van der Waals surface area contributed by atoms with E-state index in [2.05, 4.69) is 5.32 Å². The van der Waals surface area contributed by atoms with Crippen molar-refractivity contribution in [3.63, 3.8) is 0 Å². The molecule has 0 aromatic rings. The summed E-state index contributed by atoms with van der Waals surface area (Å²) < 4.78 is 34.3. The van der Waals surface area contributed by atoms with Crippen molar-refractivity contribution in [3.8, 4) is 0 Å². The molecule has 0 fully saturated rings. The van der Waals surface area contributed by atoms with Gasteiger partial charge in [0.05, 0.1) is 13.2 Å². The molecule has 1 rings (SSSR count). The molecule has 0 aromatic carbocycles. The van der Waals surface area contributed by atoms with Crippen LogP contribution in [0.3, 0.4) is 0 Å². The molecule has 1 aliphatic carbocycles. The minimum absolute atomic E-state index is 0.0135. The maximum absolute atomic E-state index is 13.1. The lowest BCUT2D eigenvalue weighted by Crippen LogP contribution is -2.54. The normalized spacial score (nSPS) is 23.0. The summed E-state index contributed by atoms with van der Waals surface area (Å²) in [5.74, 6) is -1.58. The Bertz CT molecular complexity index is 607. The van der Waals surface area contributed by atoms with E-state index in [1.165, 1.54) is 26.8 Å². The lowest BCUT2D eigenvalue weighted by atomic mass is 9.95. The zero-order chi connectivity index (χ0) is 19.9. The molecule has 0 unspecified atom stereocenters. The zero-order valence-corrected chi connectivity index (χ0v) is 16.5. The van der Waals surface area contributed by atoms with Gasteiger partial charge in [-0.05, 0) is 19.9 Å². The molecule has 0 spiro atoms. The van der Waals surface area contributed by atoms with E-state index in [4.69, 9.17) is 18.5 Å². The largest absolute Gasteiger partial charge is 0.460 e. The van der Waals surface area contributed by atoms with Crippen molar-refractivity contribution < 1.29 is 37.5 Å². The summed E-state index contributed by atoms with van der Waals surface area (Å²) in [6, 6.07) is -0.819. The fourth-order valence-electron chi connectivity index (χ4n) is 2.69. The molecule has 0 heterocycles. The first kappa shape index (κ1) is 22.3. The average Bonchev–Trinajstić information content (AvgIpc) is 2.49. The number of ether oxygens (including phenoxy) is 2. The van der Waals surface area contributed by atoms with Gasteiger partial charge in [-0.25, -0.2) is 0 Å². The van der Waals surface area contributed by atoms with E-state index >= 15 is 0 Å². The second-order valence-electron chi connectivity index (χ2n) is 5.64. The highest BCUT2D eigenvalue weighted by atomic mass is 31.2. The summed E-state index contributed by atoms with van der Waals surface area (Å²) in [4.78, 5) is 34.5. The summed E-state index contributed by atoms with van der Waals surface area (Å²) in [6.07, 6.45) is -0.429. The Morgan fingerprint density at radius 3 is 2.04 bits per heavy atom. The minimum Gasteiger partial charge on any atom is -0.460 e. The Labute approximate surface area is 152 Å². The van der Waals surface area contributed by atoms with Crippen LogP contribution in [-0.2, 0) is 37.5 Å². The molecule has 148 valence electrons. The predicted molar refractivity (Wildman–Crippen MR) is 92.3 cm³/mol. The Morgan fingerprint density at radius 1 is 1.08 bits per heavy atom. The minimum atomic E-state index is -3.65. The van der Waals surface area contributed by atoms with Crippen LogP contribution in [0.5, 0.6) is 0 Å². The van der Waals surface area contributed by atoms with Gasteiger partial charge in [-0.2, -0.15) is 0 Å². The maximum atomic E-state index is 13.1. The van der Waals surface area contributed by atoms with Crippen molar-refractivity contribution in [2.24, 2.45) is 0 Å². The summed E-state index contributed by atoms with van der Waals surface area (Å²) in [6.45, 7) is 7.33. The first-order valence-corrected chi connectivity index (χ1v) is 9.89. The SMILES string of the molecule is CCOP(=O)(OCC)C1=C[C@H](OC(C)=O)[C@@H](NC(C)=O)[C@H](OC(C)=O)C1. The molecule has 26 heavy (non-hydrogen) atoms. The van der Waals surface area contributed by atoms with Crippen LogP contribution < -0.4 is 5.32 Å². The van der Waals surface area contributed by atoms with Crippen molar-refractivity contribution in [2.45, 2.75) is 59.3 Å². The van der Waals surface area contributed by atoms with Crippen molar-refractivity contribution in [3.05, 3.63) is 11.4 Å². The molecular weight excluding hydrogens is 365 g/mol. The van der Waals surface area contributed by atoms with E-state index in [9.17, 15) is 18.9 Å². The third-order valence-electron chi connectivity index (χ3n) is 3.46. The quantitative estimate of drug-likeness (QED) is 0.493. The number of hydrogen-bond acceptors (Lipinski definition) is 8. The van der Waals surface area contributed by atoms with Crippen LogP contribution in [0.15, 0.2) is 11.4 Å². The Kier molecular flexibility index (Phi) is 8.46. The number of esters is 2. The van der Waals surface area contributed by atoms with Gasteiger partial charge in [-0.3, -0.25) is 18.9 Å². The standard InChI is InChI=1S/C16H26NO8P/c1-6-22-26(21,23-7-2)13-8-14(24-11(4)19)16(17-10(3)18)15(9-13)25-12(5)20/h8,14-16H,6-7,9H2,1-5H3,(H,17,18)/t14-,15+,16+/m0/s1. The monoisotopic (exact) mass is 391 g/mol. The summed E-state index contributed by atoms with van der Waals surface area (Å²) >= 11 is 0. The molecule has 1 amide bonds. The second-order valence-corrected chi connectivity index (χ2v) is 7.73. The van der Waals surface area contributed by atoms with Crippen LogP contribution >= 0.6 is 7.60 Å². The maximum Gasteiger partial charge on any atom is 0.357 e. The molecule has 3 atom stereocenters. The molecule has 0 radical (unpaired) electrons. The molecule has 0 saturated carbocycles. The van der Waals surface area contributed by atoms with Gasteiger partial charge >= 0.3 is 19.5 Å². The van der Waals surface area contributed by atoms with Gasteiger partial charge in [0.25, 0.3) is 0 Å². The van der Waals surface area contributed by atoms with Gasteiger partial charge in [-0.15, -0.1) is 0 Å². The van der Waals surface area contributed by atoms with Gasteiger partial charge in [0.15, 0.2) is 0 Å². The Morgan fingerprint density at radius 2 is 1.62 bits per heavy atom. The predicted octanol–water partition coefficient (Wildman–Crippen LogP) is 1.91. The van der Waals surface area contributed by atoms with Crippen LogP contribution in [-0.4, -0.2) is 49.3 Å². The second kappa shape index (κ2) is 9.85. The first-order chi connectivity index (χ1) is 12.1. The summed E-state index contributed by atoms with van der Waals surface area (Å²) in [7, 11) is -3.65. The lowest BCUT2D eigenvalue weighted by molar-refractivity contribution is -0.155. The van der Waals surface area contributed by atoms with E-state index < -0.39 is 37.8 Å². The third kappa shape index (κ3) is 6.23. The molecule has 0 bridgehead atoms. The van der Waals surface area contributed by atoms with Crippen molar-refractivity contribution in [1.29, 1.82) is 0 Å². The highest BCUT2D eigenvalue weighted by Gasteiger charge is 2.44. The topological polar surface area (TPSA) is 117 Å². The van der Waals surface area contributed by atoms with Crippen LogP contribution in [0.4, 0.5) is 0 Å².